The molecule has 3 aromatic rings. The second kappa shape index (κ2) is 8.22. The van der Waals surface area contributed by atoms with Crippen LogP contribution < -0.4 is 0 Å². The zero-order valence-electron chi connectivity index (χ0n) is 18.1. The fourth-order valence-electron chi connectivity index (χ4n) is 4.07. The number of imidazole rings is 1. The fraction of sp³-hybridized carbons (Fsp3) is 0.304. The van der Waals surface area contributed by atoms with Gasteiger partial charge in [0.25, 0.3) is 5.91 Å². The number of hydrogen-bond donors (Lipinski definition) is 1. The third kappa shape index (κ3) is 3.80. The summed E-state index contributed by atoms with van der Waals surface area (Å²) in [6.45, 7) is 2.26. The number of nitrogens with zero attached hydrogens (tertiary/aromatic N) is 5. The van der Waals surface area contributed by atoms with E-state index in [4.69, 9.17) is 0 Å². The molecule has 1 aliphatic heterocycles. The van der Waals surface area contributed by atoms with Gasteiger partial charge in [0.05, 0.1) is 30.0 Å². The largest absolute Gasteiger partial charge is 0.424 e. The molecule has 2 atom stereocenters. The summed E-state index contributed by atoms with van der Waals surface area (Å²) in [5.41, 5.74) is -2.18. The van der Waals surface area contributed by atoms with Crippen LogP contribution >= 0.6 is 0 Å². The summed E-state index contributed by atoms with van der Waals surface area (Å²) in [5.74, 6) is -1.62. The van der Waals surface area contributed by atoms with Crippen molar-refractivity contribution in [1.82, 2.24) is 19.4 Å². The first kappa shape index (κ1) is 23.4. The monoisotopic (exact) mass is 473 g/mol. The van der Waals surface area contributed by atoms with Crippen molar-refractivity contribution >= 4 is 5.91 Å². The lowest BCUT2D eigenvalue weighted by molar-refractivity contribution is -0.263. The number of rotatable bonds is 3. The standard InChI is InChI=1S/C23H19F4N5O2/c1-13-11-31(12-16-10-30-21(32(13)16)22(2,34)23(25,26)27)20(33)14-3-4-19(24)18(7-14)17-5-6-29-9-15(17)8-28/h3-7,9-10,13,34H,11-12H2,1-2H3/t13-,22+/m0/s1. The van der Waals surface area contributed by atoms with Crippen molar-refractivity contribution in [2.75, 3.05) is 6.54 Å². The summed E-state index contributed by atoms with van der Waals surface area (Å²) in [6, 6.07) is 6.58. The Balaban J connectivity index is 1.67. The van der Waals surface area contributed by atoms with E-state index >= 15 is 0 Å². The van der Waals surface area contributed by atoms with Gasteiger partial charge in [0.15, 0.2) is 5.82 Å². The van der Waals surface area contributed by atoms with E-state index in [9.17, 15) is 32.7 Å². The number of carbonyl (C=O) groups is 1. The smallest absolute Gasteiger partial charge is 0.374 e. The molecule has 1 amide bonds. The van der Waals surface area contributed by atoms with E-state index in [1.807, 2.05) is 6.07 Å². The lowest BCUT2D eigenvalue weighted by Crippen LogP contribution is -2.45. The van der Waals surface area contributed by atoms with Crippen LogP contribution in [0, 0.1) is 17.1 Å². The average Bonchev–Trinajstić information content (AvgIpc) is 3.23. The van der Waals surface area contributed by atoms with E-state index in [1.165, 1.54) is 46.3 Å². The molecule has 11 heteroatoms. The van der Waals surface area contributed by atoms with Crippen molar-refractivity contribution in [3.8, 4) is 17.2 Å². The third-order valence-electron chi connectivity index (χ3n) is 5.87. The van der Waals surface area contributed by atoms with Crippen LogP contribution in [0.25, 0.3) is 11.1 Å². The Kier molecular flexibility index (Phi) is 5.65. The molecular weight excluding hydrogens is 454 g/mol. The summed E-state index contributed by atoms with van der Waals surface area (Å²) < 4.78 is 55.9. The van der Waals surface area contributed by atoms with Crippen LogP contribution in [0.4, 0.5) is 17.6 Å². The van der Waals surface area contributed by atoms with Gasteiger partial charge < -0.3 is 14.6 Å². The third-order valence-corrected chi connectivity index (χ3v) is 5.87. The Morgan fingerprint density at radius 3 is 2.65 bits per heavy atom. The maximum Gasteiger partial charge on any atom is 0.424 e. The first-order valence-electron chi connectivity index (χ1n) is 10.2. The van der Waals surface area contributed by atoms with Crippen molar-refractivity contribution in [3.05, 3.63) is 71.3 Å². The van der Waals surface area contributed by atoms with Crippen LogP contribution in [0.2, 0.25) is 0 Å². The maximum atomic E-state index is 14.6. The second-order valence-corrected chi connectivity index (χ2v) is 8.28. The summed E-state index contributed by atoms with van der Waals surface area (Å²) in [7, 11) is 0. The molecule has 4 rings (SSSR count). The minimum Gasteiger partial charge on any atom is -0.374 e. The van der Waals surface area contributed by atoms with Gasteiger partial charge >= 0.3 is 6.18 Å². The van der Waals surface area contributed by atoms with E-state index < -0.39 is 35.4 Å². The van der Waals surface area contributed by atoms with Gasteiger partial charge in [-0.05, 0) is 38.1 Å². The fourth-order valence-corrected chi connectivity index (χ4v) is 4.07. The Bertz CT molecular complexity index is 1310. The maximum absolute atomic E-state index is 14.6. The molecule has 2 aromatic heterocycles. The number of pyridine rings is 1. The van der Waals surface area contributed by atoms with Crippen LogP contribution in [-0.4, -0.2) is 43.2 Å². The number of nitriles is 1. The van der Waals surface area contributed by atoms with Gasteiger partial charge in [0.1, 0.15) is 11.9 Å². The predicted octanol–water partition coefficient (Wildman–Crippen LogP) is 3.94. The lowest BCUT2D eigenvalue weighted by Gasteiger charge is -2.36. The molecule has 0 saturated carbocycles. The highest BCUT2D eigenvalue weighted by atomic mass is 19.4. The summed E-state index contributed by atoms with van der Waals surface area (Å²) in [4.78, 5) is 22.3. The average molecular weight is 473 g/mol. The van der Waals surface area contributed by atoms with Crippen molar-refractivity contribution in [2.45, 2.75) is 38.2 Å². The molecule has 0 spiro atoms. The molecule has 0 saturated heterocycles. The molecule has 1 N–H and O–H groups in total. The highest BCUT2D eigenvalue weighted by molar-refractivity contribution is 5.95. The predicted molar refractivity (Wildman–Crippen MR) is 112 cm³/mol. The number of fused-ring (bicyclic) bond motifs is 1. The summed E-state index contributed by atoms with van der Waals surface area (Å²) in [6.07, 6.45) is -1.02. The van der Waals surface area contributed by atoms with Gasteiger partial charge in [-0.2, -0.15) is 18.4 Å². The van der Waals surface area contributed by atoms with Crippen LogP contribution in [0.5, 0.6) is 0 Å². The summed E-state index contributed by atoms with van der Waals surface area (Å²) in [5, 5.41) is 19.4. The Hall–Kier alpha value is -3.78. The zero-order chi connectivity index (χ0) is 24.8. The molecule has 0 unspecified atom stereocenters. The quantitative estimate of drug-likeness (QED) is 0.582. The highest BCUT2D eigenvalue weighted by Gasteiger charge is 2.55. The number of alkyl halides is 3. The van der Waals surface area contributed by atoms with E-state index in [-0.39, 0.29) is 35.3 Å². The van der Waals surface area contributed by atoms with Gasteiger partial charge in [0, 0.05) is 35.6 Å². The van der Waals surface area contributed by atoms with E-state index in [1.54, 1.807) is 6.92 Å². The first-order chi connectivity index (χ1) is 16.0. The number of aliphatic hydroxyl groups is 1. The molecule has 34 heavy (non-hydrogen) atoms. The molecule has 1 aliphatic rings. The number of benzene rings is 1. The van der Waals surface area contributed by atoms with Crippen LogP contribution in [-0.2, 0) is 12.1 Å². The Morgan fingerprint density at radius 2 is 1.97 bits per heavy atom. The lowest BCUT2D eigenvalue weighted by atomic mass is 9.99. The van der Waals surface area contributed by atoms with E-state index in [0.29, 0.717) is 12.6 Å². The van der Waals surface area contributed by atoms with E-state index in [0.717, 1.165) is 6.07 Å². The molecule has 7 nitrogen and oxygen atoms in total. The van der Waals surface area contributed by atoms with Gasteiger partial charge in [-0.1, -0.05) is 0 Å². The highest BCUT2D eigenvalue weighted by Crippen LogP contribution is 2.40. The molecule has 0 aliphatic carbocycles. The van der Waals surface area contributed by atoms with Gasteiger partial charge in [-0.3, -0.25) is 9.78 Å². The van der Waals surface area contributed by atoms with Crippen LogP contribution in [0.15, 0.2) is 42.9 Å². The van der Waals surface area contributed by atoms with E-state index in [2.05, 4.69) is 9.97 Å². The number of halogens is 4. The number of amides is 1. The van der Waals surface area contributed by atoms with Gasteiger partial charge in [-0.15, -0.1) is 0 Å². The topological polar surface area (TPSA) is 95.0 Å². The van der Waals surface area contributed by atoms with Gasteiger partial charge in [0.2, 0.25) is 5.60 Å². The zero-order valence-corrected chi connectivity index (χ0v) is 18.1. The molecule has 0 fully saturated rings. The van der Waals surface area contributed by atoms with Crippen molar-refractivity contribution < 1.29 is 27.5 Å². The van der Waals surface area contributed by atoms with Crippen molar-refractivity contribution in [3.63, 3.8) is 0 Å². The van der Waals surface area contributed by atoms with Crippen LogP contribution in [0.1, 0.15) is 47.3 Å². The summed E-state index contributed by atoms with van der Waals surface area (Å²) >= 11 is 0. The number of hydrogen-bond acceptors (Lipinski definition) is 5. The molecule has 3 heterocycles. The Labute approximate surface area is 191 Å². The minimum atomic E-state index is -4.93. The molecular formula is C23H19F4N5O2. The minimum absolute atomic E-state index is 0.0461. The SMILES string of the molecule is C[C@H]1CN(C(=O)c2ccc(F)c(-c3ccncc3C#N)c2)Cc2cnc([C@@](C)(O)C(F)(F)F)n21. The first-order valence-corrected chi connectivity index (χ1v) is 10.2. The molecule has 0 bridgehead atoms. The van der Waals surface area contributed by atoms with Crippen molar-refractivity contribution in [2.24, 2.45) is 0 Å². The second-order valence-electron chi connectivity index (χ2n) is 8.28. The molecule has 1 aromatic carbocycles. The van der Waals surface area contributed by atoms with Gasteiger partial charge in [-0.25, -0.2) is 9.37 Å². The van der Waals surface area contributed by atoms with Crippen molar-refractivity contribution in [1.29, 1.82) is 5.26 Å². The molecule has 176 valence electrons. The normalized spacial score (nSPS) is 17.6. The molecule has 0 radical (unpaired) electrons. The number of aromatic nitrogens is 3. The van der Waals surface area contributed by atoms with Crippen LogP contribution in [0.3, 0.4) is 0 Å². The number of carbonyl (C=O) groups excluding carboxylic acids is 1. The Morgan fingerprint density at radius 1 is 1.24 bits per heavy atom.